The Balaban J connectivity index is 1.77. The standard InChI is InChI=1S/C19H27N5O4/c1-13-9-17(28-14(13)2)23-20-11-15-10-16(27-12-19(3,4)25)22-18(21-15)24-5-7-26-8-6-24/h9-10,25H,5-8,11-12H2,1-4H3. The van der Waals surface area contributed by atoms with Crippen LogP contribution in [-0.2, 0) is 11.3 Å². The molecule has 1 saturated heterocycles. The molecule has 2 aromatic rings. The molecule has 0 spiro atoms. The highest BCUT2D eigenvalue weighted by molar-refractivity contribution is 5.35. The van der Waals surface area contributed by atoms with E-state index < -0.39 is 5.60 Å². The molecule has 0 bridgehead atoms. The van der Waals surface area contributed by atoms with Crippen LogP contribution in [0.4, 0.5) is 11.8 Å². The van der Waals surface area contributed by atoms with E-state index >= 15 is 0 Å². The van der Waals surface area contributed by atoms with Crippen LogP contribution in [0.1, 0.15) is 30.9 Å². The molecule has 0 aliphatic carbocycles. The van der Waals surface area contributed by atoms with Gasteiger partial charge in [-0.25, -0.2) is 4.98 Å². The second kappa shape index (κ2) is 8.66. The van der Waals surface area contributed by atoms with Gasteiger partial charge in [0.15, 0.2) is 0 Å². The van der Waals surface area contributed by atoms with Gasteiger partial charge in [-0.3, -0.25) is 0 Å². The van der Waals surface area contributed by atoms with Gasteiger partial charge < -0.3 is 23.9 Å². The molecule has 0 saturated carbocycles. The van der Waals surface area contributed by atoms with Crippen molar-refractivity contribution in [1.29, 1.82) is 0 Å². The molecular weight excluding hydrogens is 362 g/mol. The summed E-state index contributed by atoms with van der Waals surface area (Å²) in [6.45, 7) is 10.3. The lowest BCUT2D eigenvalue weighted by molar-refractivity contribution is 0.0267. The molecule has 0 amide bonds. The SMILES string of the molecule is Cc1cc(N=NCc2cc(OCC(C)(C)O)nc(N3CCOCC3)n2)oc1C. The number of furan rings is 1. The summed E-state index contributed by atoms with van der Waals surface area (Å²) in [5.74, 6) is 2.25. The van der Waals surface area contributed by atoms with Crippen LogP contribution in [0, 0.1) is 13.8 Å². The number of anilines is 1. The Hall–Kier alpha value is -2.52. The van der Waals surface area contributed by atoms with Crippen molar-refractivity contribution in [3.05, 3.63) is 29.2 Å². The van der Waals surface area contributed by atoms with Gasteiger partial charge in [0.25, 0.3) is 0 Å². The summed E-state index contributed by atoms with van der Waals surface area (Å²) in [5.41, 5.74) is 0.748. The molecule has 1 aliphatic rings. The van der Waals surface area contributed by atoms with Crippen molar-refractivity contribution >= 4 is 11.8 Å². The van der Waals surface area contributed by atoms with Gasteiger partial charge in [-0.2, -0.15) is 10.1 Å². The molecule has 9 nitrogen and oxygen atoms in total. The lowest BCUT2D eigenvalue weighted by Gasteiger charge is -2.27. The number of morpholine rings is 1. The van der Waals surface area contributed by atoms with Crippen molar-refractivity contribution in [2.75, 3.05) is 37.8 Å². The highest BCUT2D eigenvalue weighted by Crippen LogP contribution is 2.22. The maximum atomic E-state index is 9.92. The van der Waals surface area contributed by atoms with Crippen LogP contribution in [0.15, 0.2) is 26.8 Å². The minimum absolute atomic E-state index is 0.123. The number of ether oxygens (including phenoxy) is 2. The van der Waals surface area contributed by atoms with Crippen molar-refractivity contribution in [2.45, 2.75) is 39.8 Å². The molecule has 0 atom stereocenters. The molecule has 152 valence electrons. The molecule has 1 fully saturated rings. The number of aliphatic hydroxyl groups is 1. The summed E-state index contributed by atoms with van der Waals surface area (Å²) < 4.78 is 16.6. The molecule has 2 aromatic heterocycles. The summed E-state index contributed by atoms with van der Waals surface area (Å²) in [5, 5.41) is 18.2. The maximum Gasteiger partial charge on any atom is 0.238 e. The molecule has 1 aliphatic heterocycles. The summed E-state index contributed by atoms with van der Waals surface area (Å²) in [6, 6.07) is 3.56. The van der Waals surface area contributed by atoms with Gasteiger partial charge in [-0.1, -0.05) is 0 Å². The van der Waals surface area contributed by atoms with Crippen LogP contribution in [0.5, 0.6) is 5.88 Å². The van der Waals surface area contributed by atoms with Gasteiger partial charge in [0, 0.05) is 25.2 Å². The number of rotatable bonds is 7. The highest BCUT2D eigenvalue weighted by Gasteiger charge is 2.18. The first-order chi connectivity index (χ1) is 13.3. The number of aromatic nitrogens is 2. The Morgan fingerprint density at radius 3 is 2.61 bits per heavy atom. The molecule has 3 heterocycles. The zero-order valence-electron chi connectivity index (χ0n) is 16.8. The third kappa shape index (κ3) is 5.74. The Kier molecular flexibility index (Phi) is 6.25. The third-order valence-electron chi connectivity index (χ3n) is 4.17. The highest BCUT2D eigenvalue weighted by atomic mass is 16.5. The number of aryl methyl sites for hydroxylation is 2. The molecule has 3 rings (SSSR count). The van der Waals surface area contributed by atoms with Gasteiger partial charge in [-0.05, 0) is 33.3 Å². The van der Waals surface area contributed by atoms with Crippen LogP contribution in [0.2, 0.25) is 0 Å². The fourth-order valence-corrected chi connectivity index (χ4v) is 2.55. The van der Waals surface area contributed by atoms with E-state index in [1.54, 1.807) is 19.9 Å². The van der Waals surface area contributed by atoms with Crippen molar-refractivity contribution < 1.29 is 19.0 Å². The third-order valence-corrected chi connectivity index (χ3v) is 4.17. The van der Waals surface area contributed by atoms with Gasteiger partial charge in [0.2, 0.25) is 17.7 Å². The van der Waals surface area contributed by atoms with Gasteiger partial charge in [-0.15, -0.1) is 5.11 Å². The van der Waals surface area contributed by atoms with E-state index in [0.29, 0.717) is 49.7 Å². The zero-order chi connectivity index (χ0) is 20.1. The van der Waals surface area contributed by atoms with Crippen LogP contribution in [0.3, 0.4) is 0 Å². The number of hydrogen-bond acceptors (Lipinski definition) is 9. The van der Waals surface area contributed by atoms with Gasteiger partial charge in [0.1, 0.15) is 18.9 Å². The lowest BCUT2D eigenvalue weighted by Crippen LogP contribution is -2.37. The van der Waals surface area contributed by atoms with Crippen LogP contribution in [-0.4, -0.2) is 53.6 Å². The van der Waals surface area contributed by atoms with Crippen LogP contribution < -0.4 is 9.64 Å². The molecule has 1 N–H and O–H groups in total. The summed E-state index contributed by atoms with van der Waals surface area (Å²) in [4.78, 5) is 11.1. The monoisotopic (exact) mass is 389 g/mol. The second-order valence-electron chi connectivity index (χ2n) is 7.42. The molecule has 9 heteroatoms. The fourth-order valence-electron chi connectivity index (χ4n) is 2.55. The summed E-state index contributed by atoms with van der Waals surface area (Å²) >= 11 is 0. The lowest BCUT2D eigenvalue weighted by atomic mass is 10.2. The first-order valence-electron chi connectivity index (χ1n) is 9.30. The van der Waals surface area contributed by atoms with Gasteiger partial charge in [0.05, 0.1) is 24.5 Å². The summed E-state index contributed by atoms with van der Waals surface area (Å²) in [6.07, 6.45) is 0. The van der Waals surface area contributed by atoms with E-state index in [1.165, 1.54) is 0 Å². The number of hydrogen-bond donors (Lipinski definition) is 1. The fraction of sp³-hybridized carbons (Fsp3) is 0.579. The van der Waals surface area contributed by atoms with E-state index in [-0.39, 0.29) is 13.2 Å². The van der Waals surface area contributed by atoms with E-state index in [1.807, 2.05) is 24.8 Å². The Morgan fingerprint density at radius 1 is 1.21 bits per heavy atom. The van der Waals surface area contributed by atoms with Crippen molar-refractivity contribution in [2.24, 2.45) is 10.2 Å². The Bertz CT molecular complexity index is 803. The predicted molar refractivity (Wildman–Crippen MR) is 103 cm³/mol. The number of nitrogens with zero attached hydrogens (tertiary/aromatic N) is 5. The molecule has 28 heavy (non-hydrogen) atoms. The zero-order valence-corrected chi connectivity index (χ0v) is 16.8. The van der Waals surface area contributed by atoms with Crippen LogP contribution >= 0.6 is 0 Å². The van der Waals surface area contributed by atoms with Crippen molar-refractivity contribution in [3.8, 4) is 5.88 Å². The first-order valence-corrected chi connectivity index (χ1v) is 9.30. The Morgan fingerprint density at radius 2 is 1.96 bits per heavy atom. The van der Waals surface area contributed by atoms with Crippen molar-refractivity contribution in [3.63, 3.8) is 0 Å². The quantitative estimate of drug-likeness (QED) is 0.726. The maximum absolute atomic E-state index is 9.92. The summed E-state index contributed by atoms with van der Waals surface area (Å²) in [7, 11) is 0. The minimum atomic E-state index is -0.959. The largest absolute Gasteiger partial charge is 0.474 e. The molecular formula is C19H27N5O4. The topological polar surface area (TPSA) is 106 Å². The molecule has 0 aromatic carbocycles. The molecule has 0 unspecified atom stereocenters. The normalized spacial score (nSPS) is 15.4. The predicted octanol–water partition coefficient (Wildman–Crippen LogP) is 2.96. The van der Waals surface area contributed by atoms with Crippen molar-refractivity contribution in [1.82, 2.24) is 9.97 Å². The average Bonchev–Trinajstić information content (AvgIpc) is 2.98. The van der Waals surface area contributed by atoms with E-state index in [4.69, 9.17) is 13.9 Å². The molecule has 0 radical (unpaired) electrons. The van der Waals surface area contributed by atoms with Gasteiger partial charge >= 0.3 is 0 Å². The van der Waals surface area contributed by atoms with Crippen LogP contribution in [0.25, 0.3) is 0 Å². The van der Waals surface area contributed by atoms with E-state index in [2.05, 4.69) is 20.2 Å². The minimum Gasteiger partial charge on any atom is -0.474 e. The second-order valence-corrected chi connectivity index (χ2v) is 7.42. The van der Waals surface area contributed by atoms with E-state index in [0.717, 1.165) is 11.3 Å². The average molecular weight is 389 g/mol. The Labute approximate surface area is 164 Å². The first kappa shape index (κ1) is 20.2. The smallest absolute Gasteiger partial charge is 0.238 e. The number of azo groups is 1. The van der Waals surface area contributed by atoms with E-state index in [9.17, 15) is 5.11 Å².